The molecule has 1 aliphatic heterocycles. The van der Waals surface area contributed by atoms with Gasteiger partial charge in [-0.1, -0.05) is 0 Å². The van der Waals surface area contributed by atoms with E-state index in [0.717, 1.165) is 17.1 Å². The predicted molar refractivity (Wildman–Crippen MR) is 89.7 cm³/mol. The zero-order valence-corrected chi connectivity index (χ0v) is 14.0. The van der Waals surface area contributed by atoms with Crippen molar-refractivity contribution in [3.05, 3.63) is 29.6 Å². The molecular formula is C14H21BN4O4S. The summed E-state index contributed by atoms with van der Waals surface area (Å²) in [6, 6.07) is 3.54. The van der Waals surface area contributed by atoms with Crippen LogP contribution in [0.3, 0.4) is 0 Å². The van der Waals surface area contributed by atoms with Crippen LogP contribution in [-0.4, -0.2) is 61.4 Å². The van der Waals surface area contributed by atoms with Crippen molar-refractivity contribution < 1.29 is 18.3 Å². The number of carboxylic acid groups (broad SMARTS) is 1. The minimum absolute atomic E-state index is 0.0136. The van der Waals surface area contributed by atoms with Gasteiger partial charge in [0.2, 0.25) is 0 Å². The molecule has 0 amide bonds. The summed E-state index contributed by atoms with van der Waals surface area (Å²) in [5.74, 6) is 1.73. The third kappa shape index (κ3) is 3.24. The molecule has 2 fully saturated rings. The van der Waals surface area contributed by atoms with Crippen LogP contribution >= 0.6 is 0 Å². The Labute approximate surface area is 141 Å². The van der Waals surface area contributed by atoms with Gasteiger partial charge in [-0.15, -0.1) is 0 Å². The van der Waals surface area contributed by atoms with E-state index in [1.165, 1.54) is 0 Å². The third-order valence-corrected chi connectivity index (χ3v) is 6.35. The molecule has 2 atom stereocenters. The van der Waals surface area contributed by atoms with Gasteiger partial charge in [-0.05, 0) is 0 Å². The normalized spacial score (nSPS) is 29.3. The van der Waals surface area contributed by atoms with E-state index in [1.807, 2.05) is 5.96 Å². The van der Waals surface area contributed by atoms with Crippen LogP contribution in [0.2, 0.25) is 0 Å². The van der Waals surface area contributed by atoms with Gasteiger partial charge in [0, 0.05) is 0 Å². The van der Waals surface area contributed by atoms with Gasteiger partial charge in [0.1, 0.15) is 0 Å². The van der Waals surface area contributed by atoms with Crippen molar-refractivity contribution in [1.82, 2.24) is 9.03 Å². The number of nitrogens with two attached hydrogens (primary N) is 2. The van der Waals surface area contributed by atoms with Crippen LogP contribution in [0.15, 0.2) is 24.1 Å². The average molecular weight is 352 g/mol. The van der Waals surface area contributed by atoms with Gasteiger partial charge in [-0.2, -0.15) is 0 Å². The Hall–Kier alpha value is -1.33. The van der Waals surface area contributed by atoms with Crippen molar-refractivity contribution in [2.24, 2.45) is 11.5 Å². The molecule has 24 heavy (non-hydrogen) atoms. The molecule has 1 aromatic rings. The Morgan fingerprint density at radius 3 is 2.71 bits per heavy atom. The molecule has 2 heterocycles. The zero-order valence-electron chi connectivity index (χ0n) is 13.2. The Balaban J connectivity index is 1.83. The quantitative estimate of drug-likeness (QED) is 0.493. The average Bonchev–Trinajstić information content (AvgIpc) is 3.16. The molecule has 0 aromatic carbocycles. The molecule has 0 bridgehead atoms. The molecule has 2 aliphatic rings. The number of rotatable bonds is 6. The maximum absolute atomic E-state index is 12.5. The number of aliphatic carboxylic acids is 1. The van der Waals surface area contributed by atoms with Crippen LogP contribution in [0, 0.1) is 0 Å². The summed E-state index contributed by atoms with van der Waals surface area (Å²) in [5, 5.41) is 9.57. The summed E-state index contributed by atoms with van der Waals surface area (Å²) in [6.45, 7) is 1.65. The van der Waals surface area contributed by atoms with E-state index >= 15 is 0 Å². The van der Waals surface area contributed by atoms with E-state index in [0.29, 0.717) is 5.56 Å². The van der Waals surface area contributed by atoms with E-state index in [1.54, 1.807) is 25.0 Å². The van der Waals surface area contributed by atoms with Crippen LogP contribution < -0.4 is 16.2 Å². The molecule has 1 saturated carbocycles. The SMILES string of the molecule is NC1(CNS(=O)(=O)N2CC(c3cbccc3)C(N)(C(=O)O)C2)CC1. The second-order valence-corrected chi connectivity index (χ2v) is 8.55. The molecule has 0 spiro atoms. The molecule has 1 saturated heterocycles. The Kier molecular flexibility index (Phi) is 4.29. The van der Waals surface area contributed by atoms with E-state index in [-0.39, 0.29) is 19.6 Å². The number of hydrogen-bond acceptors (Lipinski definition) is 5. The topological polar surface area (TPSA) is 139 Å². The van der Waals surface area contributed by atoms with E-state index < -0.39 is 33.2 Å². The van der Waals surface area contributed by atoms with Gasteiger partial charge in [0.15, 0.2) is 0 Å². The number of nitrogens with one attached hydrogen (secondary N) is 1. The molecular weight excluding hydrogens is 331 g/mol. The molecule has 1 aliphatic carbocycles. The fourth-order valence-corrected chi connectivity index (χ4v) is 4.37. The van der Waals surface area contributed by atoms with Crippen LogP contribution in [0.4, 0.5) is 0 Å². The molecule has 8 nitrogen and oxygen atoms in total. The van der Waals surface area contributed by atoms with Gasteiger partial charge in [-0.3, -0.25) is 0 Å². The fourth-order valence-electron chi connectivity index (χ4n) is 2.98. The first-order valence-corrected chi connectivity index (χ1v) is 9.21. The first-order chi connectivity index (χ1) is 11.2. The second kappa shape index (κ2) is 5.89. The van der Waals surface area contributed by atoms with Gasteiger partial charge in [0.25, 0.3) is 0 Å². The first kappa shape index (κ1) is 17.5. The standard InChI is InChI=1S/C14H21BN4O4S/c16-13(3-4-13)8-18-24(22,23)19-7-11(10-2-1-5-15-6-10)14(17,9-19)12(20)21/h1-2,5-6,11,18H,3-4,7-9,16-17H2,(H,20,21). The summed E-state index contributed by atoms with van der Waals surface area (Å²) in [5.41, 5.74) is 10.6. The van der Waals surface area contributed by atoms with Crippen LogP contribution in [0.25, 0.3) is 0 Å². The van der Waals surface area contributed by atoms with Crippen molar-refractivity contribution in [3.8, 4) is 0 Å². The van der Waals surface area contributed by atoms with Crippen LogP contribution in [-0.2, 0) is 15.0 Å². The molecule has 2 unspecified atom stereocenters. The van der Waals surface area contributed by atoms with Gasteiger partial charge in [0.05, 0.1) is 0 Å². The Bertz CT molecular complexity index is 740. The monoisotopic (exact) mass is 352 g/mol. The van der Waals surface area contributed by atoms with E-state index in [4.69, 9.17) is 11.5 Å². The molecule has 1 aromatic heterocycles. The van der Waals surface area contributed by atoms with Gasteiger partial charge >= 0.3 is 141 Å². The third-order valence-electron chi connectivity index (χ3n) is 4.88. The fraction of sp³-hybridized carbons (Fsp3) is 0.571. The Morgan fingerprint density at radius 2 is 2.17 bits per heavy atom. The number of carbonyl (C=O) groups is 1. The van der Waals surface area contributed by atoms with Crippen LogP contribution in [0.1, 0.15) is 24.3 Å². The van der Waals surface area contributed by atoms with Gasteiger partial charge in [-0.25, -0.2) is 0 Å². The molecule has 10 heteroatoms. The predicted octanol–water partition coefficient (Wildman–Crippen LogP) is -1.47. The van der Waals surface area contributed by atoms with Crippen molar-refractivity contribution >= 4 is 23.1 Å². The number of hydrogen-bond donors (Lipinski definition) is 4. The van der Waals surface area contributed by atoms with Crippen molar-refractivity contribution in [2.75, 3.05) is 19.6 Å². The summed E-state index contributed by atoms with van der Waals surface area (Å²) in [6.07, 6.45) is 1.55. The Morgan fingerprint density at radius 1 is 1.46 bits per heavy atom. The van der Waals surface area contributed by atoms with E-state index in [2.05, 4.69) is 4.72 Å². The van der Waals surface area contributed by atoms with Gasteiger partial charge < -0.3 is 0 Å². The molecule has 3 rings (SSSR count). The molecule has 0 radical (unpaired) electrons. The summed E-state index contributed by atoms with van der Waals surface area (Å²) >= 11 is 0. The van der Waals surface area contributed by atoms with Crippen molar-refractivity contribution in [1.29, 1.82) is 0 Å². The second-order valence-electron chi connectivity index (χ2n) is 6.79. The molecule has 6 N–H and O–H groups in total. The van der Waals surface area contributed by atoms with Crippen molar-refractivity contribution in [2.45, 2.75) is 29.8 Å². The first-order valence-electron chi connectivity index (χ1n) is 7.77. The minimum atomic E-state index is -3.84. The summed E-state index contributed by atoms with van der Waals surface area (Å²) < 4.78 is 28.6. The number of nitrogens with zero attached hydrogens (tertiary/aromatic N) is 1. The van der Waals surface area contributed by atoms with Crippen LogP contribution in [0.5, 0.6) is 0 Å². The number of carboxylic acids is 1. The molecule has 130 valence electrons. The van der Waals surface area contributed by atoms with E-state index in [9.17, 15) is 18.3 Å². The summed E-state index contributed by atoms with van der Waals surface area (Å²) in [4.78, 5) is 11.7. The van der Waals surface area contributed by atoms with Crippen molar-refractivity contribution in [3.63, 3.8) is 0 Å². The maximum atomic E-state index is 12.5. The zero-order chi connectivity index (χ0) is 17.6. The summed E-state index contributed by atoms with van der Waals surface area (Å²) in [7, 11) is -3.84.